The average molecular weight is 414 g/mol. The number of nitrogens with zero attached hydrogens (tertiary/aromatic N) is 2. The fourth-order valence-electron chi connectivity index (χ4n) is 3.96. The Labute approximate surface area is 173 Å². The molecule has 0 bridgehead atoms. The molecule has 0 saturated carbocycles. The Morgan fingerprint density at radius 2 is 1.37 bits per heavy atom. The molecular weight excluding hydrogens is 396 g/mol. The summed E-state index contributed by atoms with van der Waals surface area (Å²) in [6, 6.07) is 24.7. The van der Waals surface area contributed by atoms with E-state index in [1.807, 2.05) is 31.2 Å². The van der Waals surface area contributed by atoms with Gasteiger partial charge in [0.25, 0.3) is 15.9 Å². The predicted molar refractivity (Wildman–Crippen MR) is 117 cm³/mol. The van der Waals surface area contributed by atoms with E-state index in [-0.39, 0.29) is 10.8 Å². The van der Waals surface area contributed by atoms with E-state index in [9.17, 15) is 13.2 Å². The first kappa shape index (κ1) is 18.4. The molecular formula is C24H18N2O3S. The zero-order chi connectivity index (χ0) is 20.9. The van der Waals surface area contributed by atoms with Crippen LogP contribution >= 0.6 is 0 Å². The van der Waals surface area contributed by atoms with Gasteiger partial charge < -0.3 is 0 Å². The summed E-state index contributed by atoms with van der Waals surface area (Å²) in [5.74, 6) is -0.197. The Morgan fingerprint density at radius 1 is 0.767 bits per heavy atom. The molecule has 2 heterocycles. The largest absolute Gasteiger partial charge is 0.285 e. The summed E-state index contributed by atoms with van der Waals surface area (Å²) in [4.78, 5) is 13.3. The molecule has 0 saturated heterocycles. The number of benzene rings is 3. The van der Waals surface area contributed by atoms with Crippen LogP contribution in [0.5, 0.6) is 0 Å². The zero-order valence-electron chi connectivity index (χ0n) is 16.2. The molecule has 0 amide bonds. The van der Waals surface area contributed by atoms with Crippen molar-refractivity contribution >= 4 is 37.7 Å². The standard InChI is InChI=1S/C24H18N2O3S/c1-17-23-20-14-8-9-15-21(20)26(30(28,29)19-12-6-3-7-13-19)22(23)16-25(17)24(27)18-10-4-2-5-11-18/h2-16H,1H3. The summed E-state index contributed by atoms with van der Waals surface area (Å²) in [6.07, 6.45) is 1.63. The fourth-order valence-corrected chi connectivity index (χ4v) is 5.48. The molecule has 5 rings (SSSR count). The zero-order valence-corrected chi connectivity index (χ0v) is 17.0. The summed E-state index contributed by atoms with van der Waals surface area (Å²) in [6.45, 7) is 1.84. The minimum Gasteiger partial charge on any atom is -0.285 e. The molecule has 5 nitrogen and oxygen atoms in total. The molecule has 0 fully saturated rings. The summed E-state index contributed by atoms with van der Waals surface area (Å²) >= 11 is 0. The van der Waals surface area contributed by atoms with E-state index < -0.39 is 10.0 Å². The van der Waals surface area contributed by atoms with Gasteiger partial charge in [-0.3, -0.25) is 9.36 Å². The van der Waals surface area contributed by atoms with Gasteiger partial charge >= 0.3 is 0 Å². The van der Waals surface area contributed by atoms with E-state index in [1.54, 1.807) is 66.9 Å². The molecule has 0 unspecified atom stereocenters. The Kier molecular flexibility index (Phi) is 4.11. The number of carbonyl (C=O) groups excluding carboxylic acids is 1. The number of hydrogen-bond acceptors (Lipinski definition) is 3. The van der Waals surface area contributed by atoms with Crippen molar-refractivity contribution in [1.29, 1.82) is 0 Å². The highest BCUT2D eigenvalue weighted by Gasteiger charge is 2.26. The van der Waals surface area contributed by atoms with Crippen LogP contribution in [-0.2, 0) is 10.0 Å². The lowest BCUT2D eigenvalue weighted by Gasteiger charge is -2.09. The number of carbonyl (C=O) groups is 1. The molecule has 2 aromatic heterocycles. The van der Waals surface area contributed by atoms with E-state index in [0.717, 1.165) is 10.8 Å². The van der Waals surface area contributed by atoms with Crippen molar-refractivity contribution in [2.45, 2.75) is 11.8 Å². The van der Waals surface area contributed by atoms with Crippen LogP contribution in [0.2, 0.25) is 0 Å². The fraction of sp³-hybridized carbons (Fsp3) is 0.0417. The minimum atomic E-state index is -3.85. The monoisotopic (exact) mass is 414 g/mol. The van der Waals surface area contributed by atoms with Crippen molar-refractivity contribution in [1.82, 2.24) is 8.54 Å². The smallest absolute Gasteiger partial charge is 0.268 e. The van der Waals surface area contributed by atoms with Gasteiger partial charge in [0.2, 0.25) is 0 Å². The lowest BCUT2D eigenvalue weighted by atomic mass is 10.2. The molecule has 6 heteroatoms. The quantitative estimate of drug-likeness (QED) is 0.425. The molecule has 3 aromatic carbocycles. The van der Waals surface area contributed by atoms with Crippen LogP contribution in [0.25, 0.3) is 21.8 Å². The highest BCUT2D eigenvalue weighted by Crippen LogP contribution is 2.35. The number of hydrogen-bond donors (Lipinski definition) is 0. The molecule has 0 spiro atoms. The van der Waals surface area contributed by atoms with E-state index in [2.05, 4.69) is 0 Å². The average Bonchev–Trinajstić information content (AvgIpc) is 3.29. The number of rotatable bonds is 3. The first-order valence-corrected chi connectivity index (χ1v) is 11.0. The molecule has 0 N–H and O–H groups in total. The third-order valence-electron chi connectivity index (χ3n) is 5.36. The first-order chi connectivity index (χ1) is 14.5. The van der Waals surface area contributed by atoms with Crippen LogP contribution in [0.4, 0.5) is 0 Å². The van der Waals surface area contributed by atoms with Crippen LogP contribution in [0, 0.1) is 6.92 Å². The van der Waals surface area contributed by atoms with Crippen molar-refractivity contribution in [2.75, 3.05) is 0 Å². The van der Waals surface area contributed by atoms with Crippen LogP contribution in [0.1, 0.15) is 16.1 Å². The second-order valence-corrected chi connectivity index (χ2v) is 8.90. The first-order valence-electron chi connectivity index (χ1n) is 9.51. The molecule has 0 aliphatic heterocycles. The molecule has 0 aliphatic carbocycles. The van der Waals surface area contributed by atoms with Gasteiger partial charge in [0.1, 0.15) is 0 Å². The Hall–Kier alpha value is -3.64. The lowest BCUT2D eigenvalue weighted by Crippen LogP contribution is -2.14. The van der Waals surface area contributed by atoms with Crippen LogP contribution in [-0.4, -0.2) is 22.9 Å². The SMILES string of the molecule is Cc1c2c3ccccc3n(S(=O)(=O)c3ccccc3)c2cn1C(=O)c1ccccc1. The topological polar surface area (TPSA) is 61.1 Å². The number of fused-ring (bicyclic) bond motifs is 3. The van der Waals surface area contributed by atoms with E-state index >= 15 is 0 Å². The molecule has 0 atom stereocenters. The maximum absolute atomic E-state index is 13.6. The van der Waals surface area contributed by atoms with Gasteiger partial charge in [-0.05, 0) is 37.3 Å². The summed E-state index contributed by atoms with van der Waals surface area (Å²) < 4.78 is 30.0. The molecule has 0 radical (unpaired) electrons. The highest BCUT2D eigenvalue weighted by atomic mass is 32.2. The van der Waals surface area contributed by atoms with Crippen LogP contribution in [0.15, 0.2) is 96.0 Å². The van der Waals surface area contributed by atoms with Crippen molar-refractivity contribution in [3.63, 3.8) is 0 Å². The predicted octanol–water partition coefficient (Wildman–Crippen LogP) is 4.83. The minimum absolute atomic E-state index is 0.197. The van der Waals surface area contributed by atoms with Gasteiger partial charge in [-0.2, -0.15) is 0 Å². The van der Waals surface area contributed by atoms with Gasteiger partial charge in [-0.15, -0.1) is 0 Å². The number of aromatic nitrogens is 2. The van der Waals surface area contributed by atoms with Crippen molar-refractivity contribution in [3.05, 3.63) is 102 Å². The summed E-state index contributed by atoms with van der Waals surface area (Å²) in [5, 5.41) is 1.55. The van der Waals surface area contributed by atoms with Gasteiger partial charge in [0, 0.05) is 28.2 Å². The van der Waals surface area contributed by atoms with Crippen molar-refractivity contribution in [2.24, 2.45) is 0 Å². The van der Waals surface area contributed by atoms with E-state index in [1.165, 1.54) is 8.54 Å². The van der Waals surface area contributed by atoms with Gasteiger partial charge in [0.05, 0.1) is 15.9 Å². The molecule has 5 aromatic rings. The normalized spacial score (nSPS) is 11.9. The third-order valence-corrected chi connectivity index (χ3v) is 7.10. The van der Waals surface area contributed by atoms with E-state index in [0.29, 0.717) is 22.3 Å². The maximum atomic E-state index is 13.6. The number of aryl methyl sites for hydroxylation is 1. The lowest BCUT2D eigenvalue weighted by molar-refractivity contribution is 0.0958. The Bertz CT molecular complexity index is 1510. The van der Waals surface area contributed by atoms with Crippen molar-refractivity contribution < 1.29 is 13.2 Å². The summed E-state index contributed by atoms with van der Waals surface area (Å²) in [7, 11) is -3.85. The van der Waals surface area contributed by atoms with Crippen molar-refractivity contribution in [3.8, 4) is 0 Å². The Morgan fingerprint density at radius 3 is 2.07 bits per heavy atom. The summed E-state index contributed by atoms with van der Waals surface area (Å²) in [5.41, 5.74) is 2.33. The maximum Gasteiger partial charge on any atom is 0.268 e. The molecule has 0 aliphatic rings. The number of para-hydroxylation sites is 1. The Balaban J connectivity index is 1.84. The second kappa shape index (κ2) is 6.71. The van der Waals surface area contributed by atoms with Crippen LogP contribution in [0.3, 0.4) is 0 Å². The van der Waals surface area contributed by atoms with Gasteiger partial charge in [-0.25, -0.2) is 12.4 Å². The molecule has 148 valence electrons. The molecule has 30 heavy (non-hydrogen) atoms. The van der Waals surface area contributed by atoms with Crippen LogP contribution < -0.4 is 0 Å². The van der Waals surface area contributed by atoms with E-state index in [4.69, 9.17) is 0 Å². The second-order valence-electron chi connectivity index (χ2n) is 7.12. The highest BCUT2D eigenvalue weighted by molar-refractivity contribution is 7.90. The van der Waals surface area contributed by atoms with Gasteiger partial charge in [0.15, 0.2) is 0 Å². The van der Waals surface area contributed by atoms with Gasteiger partial charge in [-0.1, -0.05) is 54.6 Å². The third kappa shape index (κ3) is 2.61.